The number of fused-ring (bicyclic) bond motifs is 2. The fraction of sp³-hybridized carbons (Fsp3) is 0.846. The number of nitrogens with one attached hydrogen (secondary N) is 1. The fourth-order valence-electron chi connectivity index (χ4n) is 3.58. The van der Waals surface area contributed by atoms with E-state index in [4.69, 9.17) is 9.84 Å². The number of carbonyl (C=O) groups is 2. The summed E-state index contributed by atoms with van der Waals surface area (Å²) >= 11 is 0. The van der Waals surface area contributed by atoms with E-state index in [-0.39, 0.29) is 18.4 Å². The minimum atomic E-state index is -0.969. The number of ether oxygens (including phenoxy) is 1. The maximum absolute atomic E-state index is 12.4. The highest BCUT2D eigenvalue weighted by Gasteiger charge is 2.49. The Balaban J connectivity index is 1.50. The topological polar surface area (TPSA) is 78.9 Å². The van der Waals surface area contributed by atoms with Crippen molar-refractivity contribution in [3.05, 3.63) is 0 Å². The molecule has 3 unspecified atom stereocenters. The Hall–Kier alpha value is -1.14. The molecule has 3 saturated heterocycles. The Morgan fingerprint density at radius 2 is 2.16 bits per heavy atom. The Labute approximate surface area is 112 Å². The largest absolute Gasteiger partial charge is 0.480 e. The monoisotopic (exact) mass is 268 g/mol. The van der Waals surface area contributed by atoms with Gasteiger partial charge < -0.3 is 20.1 Å². The highest BCUT2D eigenvalue weighted by Crippen LogP contribution is 2.36. The molecule has 0 aromatic heterocycles. The van der Waals surface area contributed by atoms with Crippen LogP contribution in [0.5, 0.6) is 0 Å². The van der Waals surface area contributed by atoms with Gasteiger partial charge in [0.15, 0.2) is 0 Å². The Morgan fingerprint density at radius 1 is 1.42 bits per heavy atom. The maximum atomic E-state index is 12.4. The van der Waals surface area contributed by atoms with E-state index < -0.39 is 11.6 Å². The molecule has 3 aliphatic heterocycles. The third-order valence-electron chi connectivity index (χ3n) is 4.52. The number of hydrogen-bond acceptors (Lipinski definition) is 4. The summed E-state index contributed by atoms with van der Waals surface area (Å²) < 4.78 is 5.32. The molecule has 3 aliphatic rings. The number of hydrogen-bond donors (Lipinski definition) is 2. The molecular weight excluding hydrogens is 248 g/mol. The van der Waals surface area contributed by atoms with E-state index in [9.17, 15) is 9.59 Å². The van der Waals surface area contributed by atoms with Crippen molar-refractivity contribution in [3.63, 3.8) is 0 Å². The Morgan fingerprint density at radius 3 is 2.68 bits per heavy atom. The van der Waals surface area contributed by atoms with Crippen molar-refractivity contribution in [3.8, 4) is 0 Å². The second-order valence-corrected chi connectivity index (χ2v) is 6.22. The van der Waals surface area contributed by atoms with Crippen molar-refractivity contribution in [2.75, 3.05) is 19.7 Å². The van der Waals surface area contributed by atoms with Gasteiger partial charge in [0.25, 0.3) is 0 Å². The predicted octanol–water partition coefficient (Wildman–Crippen LogP) is -0.171. The molecule has 0 spiro atoms. The molecule has 19 heavy (non-hydrogen) atoms. The normalized spacial score (nSPS) is 35.2. The van der Waals surface area contributed by atoms with Crippen LogP contribution in [0.2, 0.25) is 0 Å². The number of carbonyl (C=O) groups excluding carboxylic acids is 1. The van der Waals surface area contributed by atoms with Crippen LogP contribution in [-0.2, 0) is 14.3 Å². The second kappa shape index (κ2) is 4.45. The summed E-state index contributed by atoms with van der Waals surface area (Å²) in [5.41, 5.74) is -0.487. The predicted molar refractivity (Wildman–Crippen MR) is 66.6 cm³/mol. The van der Waals surface area contributed by atoms with Gasteiger partial charge in [-0.15, -0.1) is 0 Å². The molecule has 0 saturated carbocycles. The lowest BCUT2D eigenvalue weighted by Gasteiger charge is -2.48. The molecule has 0 aliphatic carbocycles. The fourth-order valence-corrected chi connectivity index (χ4v) is 3.58. The lowest BCUT2D eigenvalue weighted by atomic mass is 9.85. The molecule has 6 heteroatoms. The van der Waals surface area contributed by atoms with Crippen LogP contribution in [0, 0.1) is 5.92 Å². The molecule has 0 aromatic carbocycles. The first-order valence-corrected chi connectivity index (χ1v) is 6.87. The number of rotatable bonds is 4. The van der Waals surface area contributed by atoms with Crippen molar-refractivity contribution in [2.45, 2.75) is 43.9 Å². The van der Waals surface area contributed by atoms with E-state index in [2.05, 4.69) is 5.32 Å². The van der Waals surface area contributed by atoms with Gasteiger partial charge in [-0.2, -0.15) is 0 Å². The highest BCUT2D eigenvalue weighted by molar-refractivity contribution is 5.81. The van der Waals surface area contributed by atoms with Crippen LogP contribution in [-0.4, -0.2) is 59.3 Å². The van der Waals surface area contributed by atoms with Crippen LogP contribution in [0.15, 0.2) is 0 Å². The molecule has 1 amide bonds. The molecule has 2 bridgehead atoms. The summed E-state index contributed by atoms with van der Waals surface area (Å²) in [7, 11) is 0. The molecule has 6 nitrogen and oxygen atoms in total. The molecule has 3 heterocycles. The zero-order valence-electron chi connectivity index (χ0n) is 11.1. The van der Waals surface area contributed by atoms with Crippen molar-refractivity contribution in [2.24, 2.45) is 5.92 Å². The molecule has 3 atom stereocenters. The average Bonchev–Trinajstić information content (AvgIpc) is 2.94. The molecule has 2 N–H and O–H groups in total. The quantitative estimate of drug-likeness (QED) is 0.740. The average molecular weight is 268 g/mol. The molecule has 0 radical (unpaired) electrons. The van der Waals surface area contributed by atoms with Crippen molar-refractivity contribution in [1.82, 2.24) is 10.2 Å². The van der Waals surface area contributed by atoms with Crippen LogP contribution in [0.4, 0.5) is 0 Å². The number of carboxylic acid groups (broad SMARTS) is 1. The minimum Gasteiger partial charge on any atom is -0.480 e. The van der Waals surface area contributed by atoms with Crippen molar-refractivity contribution >= 4 is 11.9 Å². The van der Waals surface area contributed by atoms with Gasteiger partial charge >= 0.3 is 5.97 Å². The van der Waals surface area contributed by atoms with E-state index in [1.54, 1.807) is 4.90 Å². The number of likely N-dealkylation sites (tertiary alicyclic amines) is 1. The summed E-state index contributed by atoms with van der Waals surface area (Å²) in [6.07, 6.45) is 3.24. The van der Waals surface area contributed by atoms with E-state index in [1.165, 1.54) is 6.42 Å². The van der Waals surface area contributed by atoms with E-state index in [0.717, 1.165) is 12.8 Å². The van der Waals surface area contributed by atoms with E-state index in [0.29, 0.717) is 25.2 Å². The minimum absolute atomic E-state index is 0.114. The van der Waals surface area contributed by atoms with Crippen LogP contribution in [0.1, 0.15) is 26.2 Å². The summed E-state index contributed by atoms with van der Waals surface area (Å²) in [5.74, 6) is -0.651. The van der Waals surface area contributed by atoms with Gasteiger partial charge in [0, 0.05) is 12.1 Å². The molecule has 3 rings (SSSR count). The Bertz CT molecular complexity index is 405. The summed E-state index contributed by atoms with van der Waals surface area (Å²) in [6.45, 7) is 2.58. The van der Waals surface area contributed by atoms with Gasteiger partial charge in [0.1, 0.15) is 12.2 Å². The van der Waals surface area contributed by atoms with Gasteiger partial charge in [0.05, 0.1) is 19.0 Å². The Kier molecular flexibility index (Phi) is 3.02. The summed E-state index contributed by atoms with van der Waals surface area (Å²) in [5, 5.41) is 12.1. The van der Waals surface area contributed by atoms with Gasteiger partial charge in [-0.05, 0) is 26.2 Å². The number of nitrogens with zero attached hydrogens (tertiary/aromatic N) is 1. The maximum Gasteiger partial charge on any atom is 0.329 e. The standard InChI is InChI=1S/C13H20N2O4/c1-13(19-5-11(16)17)6-15(7-13)12(18)9-4-8-2-3-10(9)14-8/h8-10,14H,2-7H2,1H3,(H,16,17). The molecule has 106 valence electrons. The van der Waals surface area contributed by atoms with E-state index in [1.807, 2.05) is 6.92 Å². The van der Waals surface area contributed by atoms with E-state index >= 15 is 0 Å². The summed E-state index contributed by atoms with van der Waals surface area (Å²) in [4.78, 5) is 24.6. The first kappa shape index (κ1) is 12.9. The zero-order chi connectivity index (χ0) is 13.6. The molecular formula is C13H20N2O4. The van der Waals surface area contributed by atoms with Crippen molar-refractivity contribution < 1.29 is 19.4 Å². The van der Waals surface area contributed by atoms with Crippen LogP contribution in [0.25, 0.3) is 0 Å². The number of amides is 1. The third kappa shape index (κ3) is 2.34. The third-order valence-corrected chi connectivity index (χ3v) is 4.52. The summed E-state index contributed by atoms with van der Waals surface area (Å²) in [6, 6.07) is 0.874. The second-order valence-electron chi connectivity index (χ2n) is 6.22. The molecule has 0 aromatic rings. The van der Waals surface area contributed by atoms with Crippen molar-refractivity contribution in [1.29, 1.82) is 0 Å². The first-order valence-electron chi connectivity index (χ1n) is 6.87. The van der Waals surface area contributed by atoms with Gasteiger partial charge in [-0.1, -0.05) is 0 Å². The smallest absolute Gasteiger partial charge is 0.329 e. The van der Waals surface area contributed by atoms with Crippen LogP contribution >= 0.6 is 0 Å². The molecule has 3 fully saturated rings. The lowest BCUT2D eigenvalue weighted by molar-refractivity contribution is -0.176. The lowest BCUT2D eigenvalue weighted by Crippen LogP contribution is -2.65. The van der Waals surface area contributed by atoms with Crippen LogP contribution in [0.3, 0.4) is 0 Å². The SMILES string of the molecule is CC1(OCC(=O)O)CN(C(=O)C2CC3CCC2N3)C1. The van der Waals surface area contributed by atoms with Gasteiger partial charge in [-0.3, -0.25) is 4.79 Å². The van der Waals surface area contributed by atoms with Gasteiger partial charge in [0.2, 0.25) is 5.91 Å². The zero-order valence-corrected chi connectivity index (χ0v) is 11.1. The number of aliphatic carboxylic acids is 1. The first-order chi connectivity index (χ1) is 8.97. The highest BCUT2D eigenvalue weighted by atomic mass is 16.5. The number of carboxylic acids is 1. The van der Waals surface area contributed by atoms with Crippen LogP contribution < -0.4 is 5.32 Å². The van der Waals surface area contributed by atoms with Gasteiger partial charge in [-0.25, -0.2) is 4.79 Å².